The van der Waals surface area contributed by atoms with E-state index in [0.717, 1.165) is 18.4 Å². The lowest BCUT2D eigenvalue weighted by molar-refractivity contribution is 0.100. The molecular weight excluding hydrogens is 384 g/mol. The van der Waals surface area contributed by atoms with Gasteiger partial charge < -0.3 is 16.4 Å². The fraction of sp³-hybridized carbons (Fsp3) is 0.222. The van der Waals surface area contributed by atoms with Crippen molar-refractivity contribution in [3.8, 4) is 11.3 Å². The highest BCUT2D eigenvalue weighted by Gasteiger charge is 2.24. The van der Waals surface area contributed by atoms with Crippen LogP contribution in [0.15, 0.2) is 30.6 Å². The Kier molecular flexibility index (Phi) is 4.67. The lowest BCUT2D eigenvalue weighted by Crippen LogP contribution is -2.10. The molecule has 9 heteroatoms. The molecule has 4 rings (SSSR count). The molecule has 1 saturated carbocycles. The molecule has 1 fully saturated rings. The predicted octanol–water partition coefficient (Wildman–Crippen LogP) is 3.98. The number of nitrogens with two attached hydrogens (primary N) is 1. The molecule has 1 amide bonds. The summed E-state index contributed by atoms with van der Waals surface area (Å²) in [4.78, 5) is 25.6. The Morgan fingerprint density at radius 3 is 2.67 bits per heavy atom. The lowest BCUT2D eigenvalue weighted by Gasteiger charge is -2.09. The zero-order valence-corrected chi connectivity index (χ0v) is 16.1. The number of carbonyl (C=O) groups is 1. The Labute approximate surface area is 165 Å². The normalized spacial score (nSPS) is 13.4. The van der Waals surface area contributed by atoms with Gasteiger partial charge in [-0.15, -0.1) is 0 Å². The first-order valence-corrected chi connectivity index (χ1v) is 9.63. The van der Waals surface area contributed by atoms with Crippen LogP contribution in [0.5, 0.6) is 0 Å². The third-order valence-electron chi connectivity index (χ3n) is 4.15. The van der Waals surface area contributed by atoms with Crippen LogP contribution in [-0.2, 0) is 0 Å². The van der Waals surface area contributed by atoms with E-state index in [2.05, 4.69) is 25.6 Å². The van der Waals surface area contributed by atoms with E-state index in [-0.39, 0.29) is 0 Å². The van der Waals surface area contributed by atoms with E-state index in [1.54, 1.807) is 18.5 Å². The highest BCUT2D eigenvalue weighted by Crippen LogP contribution is 2.38. The predicted molar refractivity (Wildman–Crippen MR) is 108 cm³/mol. The molecule has 27 heavy (non-hydrogen) atoms. The van der Waals surface area contributed by atoms with Crippen LogP contribution < -0.4 is 16.4 Å². The van der Waals surface area contributed by atoms with Gasteiger partial charge in [0.2, 0.25) is 0 Å². The summed E-state index contributed by atoms with van der Waals surface area (Å²) < 4.78 is 0. The second kappa shape index (κ2) is 7.13. The summed E-state index contributed by atoms with van der Waals surface area (Å²) in [6, 6.07) is 5.97. The number of rotatable bonds is 6. The summed E-state index contributed by atoms with van der Waals surface area (Å²) in [7, 11) is 0. The molecule has 1 aliphatic carbocycles. The van der Waals surface area contributed by atoms with Gasteiger partial charge in [0.1, 0.15) is 4.88 Å². The summed E-state index contributed by atoms with van der Waals surface area (Å²) in [6.45, 7) is 1.92. The van der Waals surface area contributed by atoms with Gasteiger partial charge in [-0.25, -0.2) is 15.0 Å². The first-order chi connectivity index (χ1) is 13.0. The van der Waals surface area contributed by atoms with E-state index in [1.807, 2.05) is 19.1 Å². The molecule has 0 radical (unpaired) electrons. The highest BCUT2D eigenvalue weighted by molar-refractivity contribution is 7.18. The Morgan fingerprint density at radius 1 is 1.26 bits per heavy atom. The van der Waals surface area contributed by atoms with Crippen molar-refractivity contribution in [2.45, 2.75) is 25.8 Å². The Bertz CT molecular complexity index is 997. The molecule has 0 unspecified atom stereocenters. The second-order valence-electron chi connectivity index (χ2n) is 6.29. The standard InChI is InChI=1S/C18H17ClN6OS/c1-9-3-2-4-11(19)12(9)13-14(15(20)26)27-18(24-13)25-17-16(21-7-8-22-17)23-10-5-6-10/h2-4,7-8,10H,5-6H2,1H3,(H2,20,26)(H,21,23)(H,22,24,25). The van der Waals surface area contributed by atoms with Crippen molar-refractivity contribution in [3.05, 3.63) is 46.1 Å². The Hall–Kier alpha value is -2.71. The molecule has 3 aromatic rings. The van der Waals surface area contributed by atoms with Gasteiger partial charge in [-0.05, 0) is 31.4 Å². The monoisotopic (exact) mass is 400 g/mol. The van der Waals surface area contributed by atoms with E-state index < -0.39 is 5.91 Å². The van der Waals surface area contributed by atoms with Crippen LogP contribution in [0.3, 0.4) is 0 Å². The molecule has 0 aliphatic heterocycles. The summed E-state index contributed by atoms with van der Waals surface area (Å²) >= 11 is 7.53. The smallest absolute Gasteiger partial charge is 0.261 e. The first-order valence-electron chi connectivity index (χ1n) is 8.43. The van der Waals surface area contributed by atoms with Gasteiger partial charge in [-0.3, -0.25) is 4.79 Å². The Morgan fingerprint density at radius 2 is 2.00 bits per heavy atom. The molecule has 0 spiro atoms. The van der Waals surface area contributed by atoms with Gasteiger partial charge in [0.15, 0.2) is 16.8 Å². The van der Waals surface area contributed by atoms with Gasteiger partial charge in [0.25, 0.3) is 5.91 Å². The highest BCUT2D eigenvalue weighted by atomic mass is 35.5. The van der Waals surface area contributed by atoms with Gasteiger partial charge in [0, 0.05) is 24.0 Å². The van der Waals surface area contributed by atoms with Gasteiger partial charge in [0.05, 0.1) is 10.7 Å². The molecule has 0 bridgehead atoms. The van der Waals surface area contributed by atoms with Crippen LogP contribution in [-0.4, -0.2) is 26.9 Å². The average molecular weight is 401 g/mol. The molecule has 7 nitrogen and oxygen atoms in total. The van der Waals surface area contributed by atoms with Crippen molar-refractivity contribution in [2.75, 3.05) is 10.6 Å². The average Bonchev–Trinajstić information content (AvgIpc) is 3.35. The maximum atomic E-state index is 12.0. The molecule has 4 N–H and O–H groups in total. The lowest BCUT2D eigenvalue weighted by atomic mass is 10.0. The molecule has 2 aromatic heterocycles. The number of aryl methyl sites for hydroxylation is 1. The van der Waals surface area contributed by atoms with Gasteiger partial charge in [-0.2, -0.15) is 0 Å². The molecule has 0 saturated heterocycles. The molecule has 138 valence electrons. The number of halogens is 1. The zero-order valence-electron chi connectivity index (χ0n) is 14.5. The minimum absolute atomic E-state index is 0.342. The summed E-state index contributed by atoms with van der Waals surface area (Å²) in [5.74, 6) is 0.660. The maximum absolute atomic E-state index is 12.0. The van der Waals surface area contributed by atoms with Crippen molar-refractivity contribution in [1.82, 2.24) is 15.0 Å². The number of hydrogen-bond acceptors (Lipinski definition) is 7. The van der Waals surface area contributed by atoms with Crippen molar-refractivity contribution >= 4 is 45.6 Å². The number of primary amides is 1. The summed E-state index contributed by atoms with van der Waals surface area (Å²) in [5.41, 5.74) is 7.67. The van der Waals surface area contributed by atoms with E-state index in [4.69, 9.17) is 17.3 Å². The van der Waals surface area contributed by atoms with E-state index in [0.29, 0.717) is 44.0 Å². The third-order valence-corrected chi connectivity index (χ3v) is 5.45. The fourth-order valence-corrected chi connectivity index (χ4v) is 3.83. The summed E-state index contributed by atoms with van der Waals surface area (Å²) in [6.07, 6.45) is 5.47. The number of carbonyl (C=O) groups excluding carboxylic acids is 1. The topological polar surface area (TPSA) is 106 Å². The van der Waals surface area contributed by atoms with Crippen molar-refractivity contribution < 1.29 is 4.79 Å². The van der Waals surface area contributed by atoms with Gasteiger partial charge in [-0.1, -0.05) is 35.1 Å². The fourth-order valence-electron chi connectivity index (χ4n) is 2.70. The molecule has 0 atom stereocenters. The number of aromatic nitrogens is 3. The number of benzene rings is 1. The molecule has 1 aliphatic rings. The van der Waals surface area contributed by atoms with Gasteiger partial charge >= 0.3 is 0 Å². The number of anilines is 3. The SMILES string of the molecule is Cc1cccc(Cl)c1-c1nc(Nc2nccnc2NC2CC2)sc1C(N)=O. The minimum atomic E-state index is -0.551. The van der Waals surface area contributed by atoms with Crippen molar-refractivity contribution in [1.29, 1.82) is 0 Å². The number of nitrogens with one attached hydrogen (secondary N) is 2. The number of hydrogen-bond donors (Lipinski definition) is 3. The van der Waals surface area contributed by atoms with Crippen LogP contribution >= 0.6 is 22.9 Å². The maximum Gasteiger partial charge on any atom is 0.261 e. The summed E-state index contributed by atoms with van der Waals surface area (Å²) in [5, 5.41) is 7.49. The zero-order chi connectivity index (χ0) is 19.0. The van der Waals surface area contributed by atoms with E-state index in [1.165, 1.54) is 11.3 Å². The van der Waals surface area contributed by atoms with Crippen molar-refractivity contribution in [2.24, 2.45) is 5.73 Å². The Balaban J connectivity index is 1.72. The van der Waals surface area contributed by atoms with Crippen LogP contribution in [0.1, 0.15) is 28.1 Å². The molecule has 2 heterocycles. The number of nitrogens with zero attached hydrogens (tertiary/aromatic N) is 3. The molecular formula is C18H17ClN6OS. The molecule has 1 aromatic carbocycles. The van der Waals surface area contributed by atoms with Crippen LogP contribution in [0.2, 0.25) is 5.02 Å². The van der Waals surface area contributed by atoms with Crippen LogP contribution in [0, 0.1) is 6.92 Å². The quantitative estimate of drug-likeness (QED) is 0.577. The number of amides is 1. The first kappa shape index (κ1) is 17.7. The number of thiazole rings is 1. The largest absolute Gasteiger partial charge is 0.365 e. The van der Waals surface area contributed by atoms with Crippen molar-refractivity contribution in [3.63, 3.8) is 0 Å². The van der Waals surface area contributed by atoms with Crippen LogP contribution in [0.4, 0.5) is 16.8 Å². The van der Waals surface area contributed by atoms with E-state index >= 15 is 0 Å². The van der Waals surface area contributed by atoms with Crippen LogP contribution in [0.25, 0.3) is 11.3 Å². The second-order valence-corrected chi connectivity index (χ2v) is 7.70. The van der Waals surface area contributed by atoms with E-state index in [9.17, 15) is 4.79 Å². The minimum Gasteiger partial charge on any atom is -0.365 e. The third kappa shape index (κ3) is 3.72.